The van der Waals surface area contributed by atoms with Gasteiger partial charge in [0, 0.05) is 43.1 Å². The first-order chi connectivity index (χ1) is 19.0. The van der Waals surface area contributed by atoms with Crippen molar-refractivity contribution >= 4 is 28.0 Å². The number of benzene rings is 2. The van der Waals surface area contributed by atoms with Gasteiger partial charge in [0.05, 0.1) is 22.9 Å². The Bertz CT molecular complexity index is 1540. The van der Waals surface area contributed by atoms with Gasteiger partial charge in [-0.25, -0.2) is 15.0 Å². The number of hydrogen-bond donors (Lipinski definition) is 1. The zero-order valence-electron chi connectivity index (χ0n) is 22.5. The highest BCUT2D eigenvalue weighted by atomic mass is 15.5. The Morgan fingerprint density at radius 3 is 2.51 bits per heavy atom. The molecular weight excluding hydrogens is 482 g/mol. The molecule has 0 amide bonds. The van der Waals surface area contributed by atoms with E-state index >= 15 is 0 Å². The van der Waals surface area contributed by atoms with Crippen molar-refractivity contribution in [2.45, 2.75) is 39.2 Å². The van der Waals surface area contributed by atoms with Crippen molar-refractivity contribution in [3.8, 4) is 0 Å². The van der Waals surface area contributed by atoms with E-state index in [1.807, 2.05) is 50.5 Å². The van der Waals surface area contributed by atoms with Gasteiger partial charge in [-0.3, -0.25) is 9.88 Å². The SMILES string of the molecule is C=C1N=C(c2ccc(CN3CCC(c4nc5ccncc5[nH]4)CC3)cc2)C(c2ccccc2)=CN1N=C(C)C.[HH]. The van der Waals surface area contributed by atoms with Crippen molar-refractivity contribution in [2.24, 2.45) is 10.1 Å². The first kappa shape index (κ1) is 24.9. The molecule has 4 heterocycles. The number of hydrogen-bond acceptors (Lipinski definition) is 6. The van der Waals surface area contributed by atoms with Crippen molar-refractivity contribution in [2.75, 3.05) is 13.1 Å². The number of hydrazone groups is 1. The van der Waals surface area contributed by atoms with Gasteiger partial charge in [0.2, 0.25) is 0 Å². The predicted molar refractivity (Wildman–Crippen MR) is 160 cm³/mol. The number of allylic oxidation sites excluding steroid dienone is 1. The number of fused-ring (bicyclic) bond motifs is 1. The molecule has 1 saturated heterocycles. The second kappa shape index (κ2) is 10.8. The number of aromatic amines is 1. The van der Waals surface area contributed by atoms with Crippen LogP contribution in [0.2, 0.25) is 0 Å². The average Bonchev–Trinajstić information content (AvgIpc) is 3.40. The average molecular weight is 518 g/mol. The van der Waals surface area contributed by atoms with Gasteiger partial charge in [-0.15, -0.1) is 0 Å². The second-order valence-corrected chi connectivity index (χ2v) is 10.4. The Labute approximate surface area is 230 Å². The number of aliphatic imine (C=N–C) groups is 1. The minimum atomic E-state index is 0. The van der Waals surface area contributed by atoms with Gasteiger partial charge in [-0.05, 0) is 57.0 Å². The van der Waals surface area contributed by atoms with Crippen LogP contribution in [0.1, 0.15) is 56.5 Å². The number of rotatable bonds is 6. The zero-order valence-corrected chi connectivity index (χ0v) is 22.5. The predicted octanol–water partition coefficient (Wildman–Crippen LogP) is 6.60. The molecule has 1 fully saturated rings. The Morgan fingerprint density at radius 1 is 1.03 bits per heavy atom. The topological polar surface area (TPSA) is 72.8 Å². The van der Waals surface area contributed by atoms with E-state index in [2.05, 4.69) is 62.9 Å². The van der Waals surface area contributed by atoms with Gasteiger partial charge in [0.25, 0.3) is 0 Å². The van der Waals surface area contributed by atoms with Crippen LogP contribution in [0, 0.1) is 0 Å². The van der Waals surface area contributed by atoms with Crippen molar-refractivity contribution in [1.82, 2.24) is 24.9 Å². The molecule has 0 unspecified atom stereocenters. The first-order valence-electron chi connectivity index (χ1n) is 13.5. The van der Waals surface area contributed by atoms with E-state index in [0.717, 1.165) is 77.5 Å². The monoisotopic (exact) mass is 517 g/mol. The fraction of sp³-hybridized carbons (Fsp3) is 0.250. The van der Waals surface area contributed by atoms with E-state index < -0.39 is 0 Å². The molecule has 0 radical (unpaired) electrons. The van der Waals surface area contributed by atoms with Crippen molar-refractivity contribution in [3.05, 3.63) is 114 Å². The summed E-state index contributed by atoms with van der Waals surface area (Å²) in [4.78, 5) is 19.9. The summed E-state index contributed by atoms with van der Waals surface area (Å²) in [5.41, 5.74) is 8.40. The normalized spacial score (nSPS) is 16.8. The lowest BCUT2D eigenvalue weighted by Crippen LogP contribution is -2.32. The molecular formula is C32H35N7. The van der Waals surface area contributed by atoms with E-state index in [0.29, 0.717) is 11.7 Å². The van der Waals surface area contributed by atoms with Gasteiger partial charge >= 0.3 is 0 Å². The number of nitrogens with zero attached hydrogens (tertiary/aromatic N) is 6. The summed E-state index contributed by atoms with van der Waals surface area (Å²) in [7, 11) is 0. The molecule has 0 bridgehead atoms. The van der Waals surface area contributed by atoms with Crippen molar-refractivity contribution in [3.63, 3.8) is 0 Å². The lowest BCUT2D eigenvalue weighted by molar-refractivity contribution is 0.202. The fourth-order valence-corrected chi connectivity index (χ4v) is 5.31. The summed E-state index contributed by atoms with van der Waals surface area (Å²) in [6, 6.07) is 21.1. The van der Waals surface area contributed by atoms with Crippen LogP contribution in [0.15, 0.2) is 102 Å². The first-order valence-corrected chi connectivity index (χ1v) is 13.5. The van der Waals surface area contributed by atoms with E-state index in [4.69, 9.17) is 9.98 Å². The number of aromatic nitrogens is 3. The number of piperidine rings is 1. The molecule has 6 rings (SSSR count). The van der Waals surface area contributed by atoms with Crippen LogP contribution in [0.5, 0.6) is 0 Å². The highest BCUT2D eigenvalue weighted by molar-refractivity contribution is 6.32. The maximum atomic E-state index is 4.89. The van der Waals surface area contributed by atoms with E-state index in [-0.39, 0.29) is 1.43 Å². The highest BCUT2D eigenvalue weighted by Crippen LogP contribution is 2.30. The largest absolute Gasteiger partial charge is 0.340 e. The van der Waals surface area contributed by atoms with Crippen molar-refractivity contribution < 1.29 is 1.43 Å². The molecule has 2 aliphatic rings. The number of likely N-dealkylation sites (tertiary alicyclic amines) is 1. The molecule has 7 nitrogen and oxygen atoms in total. The maximum Gasteiger partial charge on any atom is 0.146 e. The number of imidazole rings is 1. The minimum Gasteiger partial charge on any atom is -0.340 e. The van der Waals surface area contributed by atoms with Gasteiger partial charge in [0.15, 0.2) is 0 Å². The smallest absolute Gasteiger partial charge is 0.146 e. The van der Waals surface area contributed by atoms with Crippen LogP contribution >= 0.6 is 0 Å². The van der Waals surface area contributed by atoms with Crippen LogP contribution in [0.25, 0.3) is 16.6 Å². The molecule has 2 aromatic carbocycles. The Kier molecular flexibility index (Phi) is 6.90. The van der Waals surface area contributed by atoms with Gasteiger partial charge in [-0.1, -0.05) is 61.2 Å². The van der Waals surface area contributed by atoms with Crippen LogP contribution in [0.3, 0.4) is 0 Å². The molecule has 0 aliphatic carbocycles. The van der Waals surface area contributed by atoms with Gasteiger partial charge in [0.1, 0.15) is 11.6 Å². The molecule has 0 spiro atoms. The lowest BCUT2D eigenvalue weighted by Gasteiger charge is -2.31. The third kappa shape index (κ3) is 5.45. The molecule has 4 aromatic rings. The van der Waals surface area contributed by atoms with Crippen LogP contribution in [-0.4, -0.2) is 49.4 Å². The van der Waals surface area contributed by atoms with E-state index in [1.165, 1.54) is 5.56 Å². The molecule has 1 N–H and O–H groups in total. The summed E-state index contributed by atoms with van der Waals surface area (Å²) in [5, 5.41) is 6.35. The molecule has 2 aromatic heterocycles. The third-order valence-electron chi connectivity index (χ3n) is 7.31. The van der Waals surface area contributed by atoms with E-state index in [1.54, 1.807) is 11.2 Å². The number of H-pyrrole nitrogens is 1. The number of pyridine rings is 1. The van der Waals surface area contributed by atoms with E-state index in [9.17, 15) is 0 Å². The van der Waals surface area contributed by atoms with Crippen LogP contribution < -0.4 is 0 Å². The molecule has 2 aliphatic heterocycles. The Morgan fingerprint density at radius 2 is 1.79 bits per heavy atom. The molecule has 7 heteroatoms. The maximum absolute atomic E-state index is 4.89. The summed E-state index contributed by atoms with van der Waals surface area (Å²) >= 11 is 0. The fourth-order valence-electron chi connectivity index (χ4n) is 5.31. The summed E-state index contributed by atoms with van der Waals surface area (Å²) < 4.78 is 0. The quantitative estimate of drug-likeness (QED) is 0.293. The Balaban J connectivity index is 0.00000323. The van der Waals surface area contributed by atoms with Gasteiger partial charge in [-0.2, -0.15) is 5.10 Å². The summed E-state index contributed by atoms with van der Waals surface area (Å²) in [6.45, 7) is 11.2. The van der Waals surface area contributed by atoms with Crippen LogP contribution in [-0.2, 0) is 6.54 Å². The Hall–Kier alpha value is -4.36. The van der Waals surface area contributed by atoms with Crippen molar-refractivity contribution in [1.29, 1.82) is 0 Å². The third-order valence-corrected chi connectivity index (χ3v) is 7.31. The number of nitrogens with one attached hydrogen (secondary N) is 1. The minimum absolute atomic E-state index is 0. The highest BCUT2D eigenvalue weighted by Gasteiger charge is 2.24. The molecule has 198 valence electrons. The molecule has 39 heavy (non-hydrogen) atoms. The standard InChI is InChI=1S/C32H33N7.H2/c1-22(2)37-39-21-28(25-7-5-4-6-8-25)31(34-23(39)3)26-11-9-24(10-12-26)20-38-17-14-27(15-18-38)32-35-29-13-16-33-19-30(29)36-32;/h4-13,16,19,21,27H,3,14-15,17-18,20H2,1-2H3,(H,35,36);1H. The lowest BCUT2D eigenvalue weighted by atomic mass is 9.94. The van der Waals surface area contributed by atoms with Crippen LogP contribution in [0.4, 0.5) is 0 Å². The second-order valence-electron chi connectivity index (χ2n) is 10.4. The molecule has 0 saturated carbocycles. The summed E-state index contributed by atoms with van der Waals surface area (Å²) in [6.07, 6.45) is 7.89. The van der Waals surface area contributed by atoms with Gasteiger partial charge < -0.3 is 4.98 Å². The molecule has 0 atom stereocenters. The summed E-state index contributed by atoms with van der Waals surface area (Å²) in [5.74, 6) is 2.17. The zero-order chi connectivity index (χ0) is 26.8.